The van der Waals surface area contributed by atoms with E-state index in [1.807, 2.05) is 0 Å². The van der Waals surface area contributed by atoms with E-state index in [-0.39, 0.29) is 5.97 Å². The molecule has 0 aromatic rings. The van der Waals surface area contributed by atoms with Crippen molar-refractivity contribution in [1.82, 2.24) is 0 Å². The van der Waals surface area contributed by atoms with Crippen molar-refractivity contribution >= 4 is 5.97 Å². The van der Waals surface area contributed by atoms with Crippen LogP contribution < -0.4 is 0 Å². The lowest BCUT2D eigenvalue weighted by Crippen LogP contribution is -2.28. The Morgan fingerprint density at radius 1 is 1.10 bits per heavy atom. The molecule has 1 saturated heterocycles. The van der Waals surface area contributed by atoms with E-state index in [1.165, 1.54) is 6.92 Å². The lowest BCUT2D eigenvalue weighted by atomic mass is 9.90. The van der Waals surface area contributed by atoms with Crippen LogP contribution >= 0.6 is 0 Å². The van der Waals surface area contributed by atoms with Crippen LogP contribution in [0.4, 0.5) is 0 Å². The maximum absolute atomic E-state index is 10.5. The SMILES string of the molecule is CC(=O)OCC1CCC2OC2C1.OC1CCCCC1O. The zero-order valence-corrected chi connectivity index (χ0v) is 12.2. The average Bonchev–Trinajstić information content (AvgIpc) is 3.19. The van der Waals surface area contributed by atoms with Crippen molar-refractivity contribution in [2.24, 2.45) is 5.92 Å². The lowest BCUT2D eigenvalue weighted by molar-refractivity contribution is -0.142. The molecule has 0 bridgehead atoms. The molecule has 1 heterocycles. The largest absolute Gasteiger partial charge is 0.466 e. The van der Waals surface area contributed by atoms with E-state index in [2.05, 4.69) is 0 Å². The highest BCUT2D eigenvalue weighted by molar-refractivity contribution is 5.65. The summed E-state index contributed by atoms with van der Waals surface area (Å²) in [6.07, 6.45) is 7.22. The Kier molecular flexibility index (Phi) is 5.81. The van der Waals surface area contributed by atoms with Crippen molar-refractivity contribution in [2.75, 3.05) is 6.61 Å². The smallest absolute Gasteiger partial charge is 0.302 e. The second-order valence-electron chi connectivity index (χ2n) is 6.11. The van der Waals surface area contributed by atoms with Crippen LogP contribution in [0.25, 0.3) is 0 Å². The molecule has 0 amide bonds. The van der Waals surface area contributed by atoms with Crippen molar-refractivity contribution in [1.29, 1.82) is 0 Å². The van der Waals surface area contributed by atoms with Gasteiger partial charge in [0.25, 0.3) is 0 Å². The van der Waals surface area contributed by atoms with Gasteiger partial charge in [-0.1, -0.05) is 12.8 Å². The van der Waals surface area contributed by atoms with Gasteiger partial charge in [-0.2, -0.15) is 0 Å². The molecule has 2 aliphatic carbocycles. The second-order valence-corrected chi connectivity index (χ2v) is 6.11. The third kappa shape index (κ3) is 5.04. The molecule has 5 nitrogen and oxygen atoms in total. The van der Waals surface area contributed by atoms with E-state index in [9.17, 15) is 4.79 Å². The molecule has 0 aromatic carbocycles. The molecule has 2 saturated carbocycles. The van der Waals surface area contributed by atoms with Crippen LogP contribution in [0.1, 0.15) is 51.9 Å². The van der Waals surface area contributed by atoms with Crippen LogP contribution in [0, 0.1) is 5.92 Å². The number of esters is 1. The Morgan fingerprint density at radius 2 is 1.75 bits per heavy atom. The summed E-state index contributed by atoms with van der Waals surface area (Å²) in [5, 5.41) is 17.9. The molecule has 0 radical (unpaired) electrons. The van der Waals surface area contributed by atoms with Gasteiger partial charge in [0.05, 0.1) is 31.0 Å². The fourth-order valence-corrected chi connectivity index (χ4v) is 2.97. The summed E-state index contributed by atoms with van der Waals surface area (Å²) in [6, 6.07) is 0. The number of aliphatic hydroxyl groups is 2. The fraction of sp³-hybridized carbons (Fsp3) is 0.933. The van der Waals surface area contributed by atoms with Gasteiger partial charge in [-0.3, -0.25) is 4.79 Å². The van der Waals surface area contributed by atoms with Crippen molar-refractivity contribution < 1.29 is 24.5 Å². The monoisotopic (exact) mass is 286 g/mol. The summed E-state index contributed by atoms with van der Waals surface area (Å²) in [6.45, 7) is 2.04. The maximum Gasteiger partial charge on any atom is 0.302 e. The first-order valence-corrected chi connectivity index (χ1v) is 7.71. The minimum Gasteiger partial charge on any atom is -0.466 e. The van der Waals surface area contributed by atoms with E-state index in [1.54, 1.807) is 0 Å². The van der Waals surface area contributed by atoms with Crippen LogP contribution in [0.2, 0.25) is 0 Å². The van der Waals surface area contributed by atoms with Gasteiger partial charge in [-0.15, -0.1) is 0 Å². The Bertz CT molecular complexity index is 309. The standard InChI is InChI=1S/C9H14O3.C6H12O2/c1-6(10)11-5-7-2-3-8-9(4-7)12-8;7-5-3-1-2-4-6(5)8/h7-9H,2-5H2,1H3;5-8H,1-4H2. The van der Waals surface area contributed by atoms with Crippen LogP contribution in [-0.2, 0) is 14.3 Å². The summed E-state index contributed by atoms with van der Waals surface area (Å²) in [7, 11) is 0. The molecule has 2 N–H and O–H groups in total. The number of fused-ring (bicyclic) bond motifs is 1. The highest BCUT2D eigenvalue weighted by atomic mass is 16.6. The number of ether oxygens (including phenoxy) is 2. The van der Waals surface area contributed by atoms with E-state index in [0.717, 1.165) is 44.9 Å². The average molecular weight is 286 g/mol. The summed E-state index contributed by atoms with van der Waals surface area (Å²) in [5.74, 6) is 0.367. The third-order valence-corrected chi connectivity index (χ3v) is 4.33. The fourth-order valence-electron chi connectivity index (χ4n) is 2.97. The zero-order valence-electron chi connectivity index (χ0n) is 12.2. The lowest BCUT2D eigenvalue weighted by Gasteiger charge is -2.22. The number of aliphatic hydroxyl groups excluding tert-OH is 2. The van der Waals surface area contributed by atoms with E-state index in [4.69, 9.17) is 19.7 Å². The molecule has 0 spiro atoms. The van der Waals surface area contributed by atoms with Crippen molar-refractivity contribution in [3.05, 3.63) is 0 Å². The Labute approximate surface area is 120 Å². The Morgan fingerprint density at radius 3 is 2.25 bits per heavy atom. The predicted octanol–water partition coefficient (Wildman–Crippen LogP) is 1.40. The third-order valence-electron chi connectivity index (χ3n) is 4.33. The van der Waals surface area contributed by atoms with E-state index in [0.29, 0.717) is 24.7 Å². The van der Waals surface area contributed by atoms with Crippen molar-refractivity contribution in [3.8, 4) is 0 Å². The quantitative estimate of drug-likeness (QED) is 0.592. The van der Waals surface area contributed by atoms with Gasteiger partial charge < -0.3 is 19.7 Å². The first-order valence-electron chi connectivity index (χ1n) is 7.71. The molecule has 20 heavy (non-hydrogen) atoms. The first-order chi connectivity index (χ1) is 9.56. The molecule has 5 heteroatoms. The van der Waals surface area contributed by atoms with Crippen LogP contribution in [0.15, 0.2) is 0 Å². The maximum atomic E-state index is 10.5. The molecule has 1 aliphatic heterocycles. The van der Waals surface area contributed by atoms with Gasteiger partial charge in [-0.25, -0.2) is 0 Å². The number of hydrogen-bond donors (Lipinski definition) is 2. The van der Waals surface area contributed by atoms with Crippen LogP contribution in [-0.4, -0.2) is 47.2 Å². The number of carbonyl (C=O) groups is 1. The molecular weight excluding hydrogens is 260 g/mol. The van der Waals surface area contributed by atoms with Crippen molar-refractivity contribution in [2.45, 2.75) is 76.3 Å². The number of carbonyl (C=O) groups excluding carboxylic acids is 1. The molecule has 0 aromatic heterocycles. The predicted molar refractivity (Wildman–Crippen MR) is 73.1 cm³/mol. The van der Waals surface area contributed by atoms with Gasteiger partial charge in [0.2, 0.25) is 0 Å². The van der Waals surface area contributed by atoms with Crippen molar-refractivity contribution in [3.63, 3.8) is 0 Å². The number of hydrogen-bond acceptors (Lipinski definition) is 5. The minimum atomic E-state index is -0.441. The first kappa shape index (κ1) is 15.7. The number of rotatable bonds is 2. The van der Waals surface area contributed by atoms with Crippen LogP contribution in [0.3, 0.4) is 0 Å². The van der Waals surface area contributed by atoms with E-state index < -0.39 is 12.2 Å². The van der Waals surface area contributed by atoms with Gasteiger partial charge in [0, 0.05) is 6.92 Å². The van der Waals surface area contributed by atoms with Gasteiger partial charge in [-0.05, 0) is 38.0 Å². The minimum absolute atomic E-state index is 0.172. The topological polar surface area (TPSA) is 79.3 Å². The molecule has 116 valence electrons. The zero-order chi connectivity index (χ0) is 14.5. The van der Waals surface area contributed by atoms with Crippen LogP contribution in [0.5, 0.6) is 0 Å². The molecule has 5 unspecified atom stereocenters. The van der Waals surface area contributed by atoms with Gasteiger partial charge >= 0.3 is 5.97 Å². The number of epoxide rings is 1. The molecule has 5 atom stereocenters. The summed E-state index contributed by atoms with van der Waals surface area (Å²) >= 11 is 0. The molecule has 3 rings (SSSR count). The normalized spacial score (nSPS) is 39.0. The Hall–Kier alpha value is -0.650. The Balaban J connectivity index is 0.000000160. The molecular formula is C15H26O5. The molecule has 3 aliphatic rings. The summed E-state index contributed by atoms with van der Waals surface area (Å²) in [5.41, 5.74) is 0. The summed E-state index contributed by atoms with van der Waals surface area (Å²) < 4.78 is 10.3. The van der Waals surface area contributed by atoms with Gasteiger partial charge in [0.15, 0.2) is 0 Å². The second kappa shape index (κ2) is 7.38. The highest BCUT2D eigenvalue weighted by Crippen LogP contribution is 2.39. The highest BCUT2D eigenvalue weighted by Gasteiger charge is 2.43. The van der Waals surface area contributed by atoms with Gasteiger partial charge in [0.1, 0.15) is 0 Å². The summed E-state index contributed by atoms with van der Waals surface area (Å²) in [4.78, 5) is 10.5. The molecule has 3 fully saturated rings. The van der Waals surface area contributed by atoms with E-state index >= 15 is 0 Å².